The molecule has 3 heterocycles. The maximum absolute atomic E-state index is 12.8. The van der Waals surface area contributed by atoms with Gasteiger partial charge in [0.1, 0.15) is 17.6 Å². The van der Waals surface area contributed by atoms with Crippen LogP contribution in [-0.2, 0) is 16.9 Å². The third-order valence-corrected chi connectivity index (χ3v) is 8.61. The fourth-order valence-electron chi connectivity index (χ4n) is 5.29. The Morgan fingerprint density at radius 3 is 2.44 bits per heavy atom. The molecule has 1 fully saturated rings. The van der Waals surface area contributed by atoms with E-state index >= 15 is 0 Å². The van der Waals surface area contributed by atoms with E-state index in [1.54, 1.807) is 23.0 Å². The SMILES string of the molecule is CC(C)NSc1ccc(Nc2nn(C3(CC#N)CCN(C(=O)OC(C)(C)C)CC3)c3ccnc(OCc4ccccc4)c23)cc1. The van der Waals surface area contributed by atoms with Crippen LogP contribution < -0.4 is 14.8 Å². The van der Waals surface area contributed by atoms with Gasteiger partial charge in [-0.2, -0.15) is 10.4 Å². The Labute approximate surface area is 269 Å². The molecule has 2 aromatic heterocycles. The number of nitriles is 1. The first-order valence-electron chi connectivity index (χ1n) is 15.3. The van der Waals surface area contributed by atoms with E-state index in [0.717, 1.165) is 27.0 Å². The summed E-state index contributed by atoms with van der Waals surface area (Å²) >= 11 is 1.59. The van der Waals surface area contributed by atoms with Gasteiger partial charge in [-0.05, 0) is 95.3 Å². The van der Waals surface area contributed by atoms with E-state index in [9.17, 15) is 10.1 Å². The van der Waals surface area contributed by atoms with Crippen LogP contribution in [0.15, 0.2) is 71.8 Å². The molecule has 236 valence electrons. The van der Waals surface area contributed by atoms with E-state index in [0.29, 0.717) is 50.3 Å². The Kier molecular flexibility index (Phi) is 9.85. The summed E-state index contributed by atoms with van der Waals surface area (Å²) in [7, 11) is 0. The lowest BCUT2D eigenvalue weighted by atomic mass is 9.85. The number of likely N-dealkylation sites (tertiary alicyclic amines) is 1. The number of pyridine rings is 1. The zero-order valence-corrected chi connectivity index (χ0v) is 27.4. The van der Waals surface area contributed by atoms with Gasteiger partial charge in [-0.3, -0.25) is 9.40 Å². The van der Waals surface area contributed by atoms with Gasteiger partial charge in [-0.15, -0.1) is 0 Å². The van der Waals surface area contributed by atoms with Crippen LogP contribution in [0.25, 0.3) is 10.9 Å². The number of piperidine rings is 1. The third kappa shape index (κ3) is 7.88. The van der Waals surface area contributed by atoms with Crippen LogP contribution in [-0.4, -0.2) is 50.5 Å². The summed E-state index contributed by atoms with van der Waals surface area (Å²) in [5, 5.41) is 19.3. The van der Waals surface area contributed by atoms with Gasteiger partial charge < -0.3 is 19.7 Å². The highest BCUT2D eigenvalue weighted by molar-refractivity contribution is 7.97. The summed E-state index contributed by atoms with van der Waals surface area (Å²) in [4.78, 5) is 20.3. The highest BCUT2D eigenvalue weighted by atomic mass is 32.2. The number of aromatic nitrogens is 3. The number of benzene rings is 2. The van der Waals surface area contributed by atoms with Crippen molar-refractivity contribution in [2.24, 2.45) is 0 Å². The molecule has 2 N–H and O–H groups in total. The number of carbonyl (C=O) groups is 1. The third-order valence-electron chi connectivity index (χ3n) is 7.51. The number of fused-ring (bicyclic) bond motifs is 1. The molecule has 5 rings (SSSR count). The van der Waals surface area contributed by atoms with Crippen molar-refractivity contribution in [3.05, 3.63) is 72.4 Å². The van der Waals surface area contributed by atoms with Crippen molar-refractivity contribution >= 4 is 40.4 Å². The molecule has 0 unspecified atom stereocenters. The molecule has 10 nitrogen and oxygen atoms in total. The van der Waals surface area contributed by atoms with Crippen LogP contribution in [0.4, 0.5) is 16.3 Å². The molecule has 1 saturated heterocycles. The highest BCUT2D eigenvalue weighted by Gasteiger charge is 2.41. The lowest BCUT2D eigenvalue weighted by molar-refractivity contribution is 0.0110. The number of hydrogen-bond acceptors (Lipinski definition) is 9. The van der Waals surface area contributed by atoms with Crippen molar-refractivity contribution in [2.75, 3.05) is 18.4 Å². The summed E-state index contributed by atoms with van der Waals surface area (Å²) < 4.78 is 17.2. The molecule has 0 aliphatic carbocycles. The molecular formula is C34H41N7O3S. The second-order valence-electron chi connectivity index (χ2n) is 12.6. The van der Waals surface area contributed by atoms with Gasteiger partial charge in [0.15, 0.2) is 5.82 Å². The van der Waals surface area contributed by atoms with Gasteiger partial charge in [0, 0.05) is 35.9 Å². The van der Waals surface area contributed by atoms with Crippen molar-refractivity contribution in [3.63, 3.8) is 0 Å². The zero-order valence-electron chi connectivity index (χ0n) is 26.5. The minimum Gasteiger partial charge on any atom is -0.472 e. The molecule has 2 aromatic carbocycles. The number of ether oxygens (including phenoxy) is 2. The maximum Gasteiger partial charge on any atom is 0.410 e. The van der Waals surface area contributed by atoms with Crippen LogP contribution in [0, 0.1) is 11.3 Å². The first kappa shape index (κ1) is 32.1. The minimum atomic E-state index is -0.632. The Morgan fingerprint density at radius 1 is 1.09 bits per heavy atom. The fraction of sp³-hybridized carbons (Fsp3) is 0.412. The summed E-state index contributed by atoms with van der Waals surface area (Å²) in [6, 6.07) is 22.8. The molecule has 1 aliphatic heterocycles. The van der Waals surface area contributed by atoms with Crippen LogP contribution >= 0.6 is 11.9 Å². The van der Waals surface area contributed by atoms with Gasteiger partial charge in [0.2, 0.25) is 5.88 Å². The van der Waals surface area contributed by atoms with E-state index < -0.39 is 11.1 Å². The molecule has 1 amide bonds. The number of carbonyl (C=O) groups excluding carboxylic acids is 1. The monoisotopic (exact) mass is 627 g/mol. The summed E-state index contributed by atoms with van der Waals surface area (Å²) in [5.74, 6) is 1.05. The van der Waals surface area contributed by atoms with Crippen LogP contribution in [0.3, 0.4) is 0 Å². The first-order chi connectivity index (χ1) is 21.6. The normalized spacial score (nSPS) is 14.7. The average molecular weight is 628 g/mol. The van der Waals surface area contributed by atoms with Crippen molar-refractivity contribution in [1.29, 1.82) is 5.26 Å². The standard InChI is InChI=1S/C34H41N7O3S/c1-24(2)39-45-27-13-11-26(12-14-27)37-30-29-28(15-20-36-31(29)43-23-25-9-7-6-8-10-25)41(38-30)34(16-19-35)17-21-40(22-18-34)32(42)44-33(3,4)5/h6-15,20,24,39H,16-18,21-23H2,1-5H3,(H,37,38). The van der Waals surface area contributed by atoms with Gasteiger partial charge in [0.25, 0.3) is 0 Å². The molecular weight excluding hydrogens is 586 g/mol. The Bertz CT molecular complexity index is 1630. The summed E-state index contributed by atoms with van der Waals surface area (Å²) in [5.41, 5.74) is 1.48. The summed E-state index contributed by atoms with van der Waals surface area (Å²) in [6.07, 6.45) is 2.71. The van der Waals surface area contributed by atoms with Crippen LogP contribution in [0.1, 0.15) is 59.4 Å². The number of anilines is 2. The Morgan fingerprint density at radius 2 is 1.80 bits per heavy atom. The number of rotatable bonds is 10. The molecule has 0 bridgehead atoms. The fourth-order valence-corrected chi connectivity index (χ4v) is 5.94. The van der Waals surface area contributed by atoms with E-state index in [-0.39, 0.29) is 12.5 Å². The van der Waals surface area contributed by atoms with Gasteiger partial charge >= 0.3 is 6.09 Å². The van der Waals surface area contributed by atoms with Gasteiger partial charge in [0.05, 0.1) is 23.5 Å². The zero-order chi connectivity index (χ0) is 32.0. The lowest BCUT2D eigenvalue weighted by Gasteiger charge is -2.41. The molecule has 4 aromatic rings. The van der Waals surface area contributed by atoms with Crippen molar-refractivity contribution < 1.29 is 14.3 Å². The molecule has 45 heavy (non-hydrogen) atoms. The second-order valence-corrected chi connectivity index (χ2v) is 13.5. The Balaban J connectivity index is 1.50. The predicted molar refractivity (Wildman–Crippen MR) is 177 cm³/mol. The molecule has 11 heteroatoms. The average Bonchev–Trinajstić information content (AvgIpc) is 3.39. The number of hydrogen-bond donors (Lipinski definition) is 2. The van der Waals surface area contributed by atoms with Gasteiger partial charge in [-0.25, -0.2) is 9.78 Å². The molecule has 0 radical (unpaired) electrons. The maximum atomic E-state index is 12.8. The molecule has 0 spiro atoms. The second kappa shape index (κ2) is 13.8. The van der Waals surface area contributed by atoms with E-state index in [2.05, 4.69) is 47.1 Å². The van der Waals surface area contributed by atoms with Crippen molar-refractivity contribution in [2.45, 2.75) is 82.6 Å². The first-order valence-corrected chi connectivity index (χ1v) is 16.1. The van der Waals surface area contributed by atoms with Crippen molar-refractivity contribution in [3.8, 4) is 11.9 Å². The minimum absolute atomic E-state index is 0.239. The topological polar surface area (TPSA) is 117 Å². The number of amides is 1. The number of nitrogens with zero attached hydrogens (tertiary/aromatic N) is 5. The van der Waals surface area contributed by atoms with Crippen LogP contribution in [0.2, 0.25) is 0 Å². The number of nitrogens with one attached hydrogen (secondary N) is 2. The van der Waals surface area contributed by atoms with E-state index in [1.807, 2.05) is 74.0 Å². The van der Waals surface area contributed by atoms with Crippen molar-refractivity contribution in [1.82, 2.24) is 24.4 Å². The Hall–Kier alpha value is -4.27. The van der Waals surface area contributed by atoms with Crippen LogP contribution in [0.5, 0.6) is 5.88 Å². The largest absolute Gasteiger partial charge is 0.472 e. The molecule has 1 aliphatic rings. The summed E-state index contributed by atoms with van der Waals surface area (Å²) in [6.45, 7) is 11.0. The van der Waals surface area contributed by atoms with E-state index in [4.69, 9.17) is 14.6 Å². The smallest absolute Gasteiger partial charge is 0.410 e. The quantitative estimate of drug-likeness (QED) is 0.173. The molecule has 0 saturated carbocycles. The predicted octanol–water partition coefficient (Wildman–Crippen LogP) is 7.40. The van der Waals surface area contributed by atoms with Gasteiger partial charge in [-0.1, -0.05) is 30.3 Å². The highest BCUT2D eigenvalue weighted by Crippen LogP contribution is 2.41. The lowest BCUT2D eigenvalue weighted by Crippen LogP contribution is -2.49. The van der Waals surface area contributed by atoms with E-state index in [1.165, 1.54) is 0 Å². The molecule has 0 atom stereocenters.